The molecule has 3 aromatic carbocycles. The van der Waals surface area contributed by atoms with Gasteiger partial charge >= 0.3 is 0 Å². The standard InChI is InChI=1S/C28H32N2O4S/c1-18-7-6-8-24(19(18)2)29-28(35)30-14-13-20-15-26(32-4)27(33-5)16-23(20)25(30)17-34-22-11-9-21(31-3)10-12-22/h6-12,15-16,25H,13-14,17H2,1-5H3,(H,29,35)/t25-/m1/s1. The summed E-state index contributed by atoms with van der Waals surface area (Å²) in [6.45, 7) is 5.39. The van der Waals surface area contributed by atoms with Crippen molar-refractivity contribution in [3.8, 4) is 23.0 Å². The van der Waals surface area contributed by atoms with Crippen molar-refractivity contribution in [2.75, 3.05) is 39.8 Å². The first-order valence-corrected chi connectivity index (χ1v) is 12.0. The van der Waals surface area contributed by atoms with Gasteiger partial charge in [-0.05, 0) is 97.2 Å². The van der Waals surface area contributed by atoms with E-state index in [0.29, 0.717) is 17.5 Å². The number of anilines is 1. The summed E-state index contributed by atoms with van der Waals surface area (Å²) in [5.74, 6) is 2.98. The van der Waals surface area contributed by atoms with Crippen LogP contribution in [0, 0.1) is 13.8 Å². The maximum absolute atomic E-state index is 6.25. The molecule has 0 radical (unpaired) electrons. The Bertz CT molecular complexity index is 1200. The van der Waals surface area contributed by atoms with E-state index in [2.05, 4.69) is 42.3 Å². The zero-order chi connectivity index (χ0) is 24.9. The number of nitrogens with zero attached hydrogens (tertiary/aromatic N) is 1. The molecule has 0 spiro atoms. The van der Waals surface area contributed by atoms with E-state index >= 15 is 0 Å². The fourth-order valence-electron chi connectivity index (χ4n) is 4.37. The number of aryl methyl sites for hydroxylation is 1. The third-order valence-electron chi connectivity index (χ3n) is 6.58. The number of ether oxygens (including phenoxy) is 4. The lowest BCUT2D eigenvalue weighted by molar-refractivity contribution is 0.190. The molecule has 0 fully saturated rings. The highest BCUT2D eigenvalue weighted by molar-refractivity contribution is 7.80. The molecule has 3 aromatic rings. The van der Waals surface area contributed by atoms with Crippen molar-refractivity contribution in [2.24, 2.45) is 0 Å². The van der Waals surface area contributed by atoms with E-state index in [9.17, 15) is 0 Å². The lowest BCUT2D eigenvalue weighted by Gasteiger charge is -2.39. The normalized spacial score (nSPS) is 14.7. The van der Waals surface area contributed by atoms with Crippen LogP contribution >= 0.6 is 12.2 Å². The Labute approximate surface area is 212 Å². The highest BCUT2D eigenvalue weighted by Crippen LogP contribution is 2.39. The van der Waals surface area contributed by atoms with Crippen LogP contribution in [0.3, 0.4) is 0 Å². The Morgan fingerprint density at radius 3 is 2.31 bits per heavy atom. The van der Waals surface area contributed by atoms with Crippen LogP contribution in [0.4, 0.5) is 5.69 Å². The summed E-state index contributed by atoms with van der Waals surface area (Å²) in [5.41, 5.74) is 5.75. The Morgan fingerprint density at radius 1 is 0.943 bits per heavy atom. The van der Waals surface area contributed by atoms with Crippen molar-refractivity contribution >= 4 is 23.0 Å². The Balaban J connectivity index is 1.65. The third-order valence-corrected chi connectivity index (χ3v) is 6.91. The summed E-state index contributed by atoms with van der Waals surface area (Å²) in [7, 11) is 4.96. The van der Waals surface area contributed by atoms with Gasteiger partial charge in [-0.25, -0.2) is 0 Å². The van der Waals surface area contributed by atoms with Crippen LogP contribution in [0.5, 0.6) is 23.0 Å². The van der Waals surface area contributed by atoms with E-state index < -0.39 is 0 Å². The van der Waals surface area contributed by atoms with E-state index in [4.69, 9.17) is 31.2 Å². The summed E-state index contributed by atoms with van der Waals surface area (Å²) in [6, 6.07) is 17.8. The first-order valence-electron chi connectivity index (χ1n) is 11.6. The fourth-order valence-corrected chi connectivity index (χ4v) is 4.70. The molecule has 0 unspecified atom stereocenters. The first kappa shape index (κ1) is 24.7. The Kier molecular flexibility index (Phi) is 7.66. The van der Waals surface area contributed by atoms with E-state index in [1.807, 2.05) is 36.4 Å². The number of hydrogen-bond acceptors (Lipinski definition) is 5. The monoisotopic (exact) mass is 492 g/mol. The predicted octanol–water partition coefficient (Wildman–Crippen LogP) is 5.70. The highest BCUT2D eigenvalue weighted by atomic mass is 32.1. The molecule has 184 valence electrons. The second kappa shape index (κ2) is 10.9. The van der Waals surface area contributed by atoms with Gasteiger partial charge in [0.1, 0.15) is 18.1 Å². The predicted molar refractivity (Wildman–Crippen MR) is 143 cm³/mol. The van der Waals surface area contributed by atoms with Gasteiger partial charge in [-0.2, -0.15) is 0 Å². The molecule has 1 atom stereocenters. The molecular formula is C28H32N2O4S. The average Bonchev–Trinajstić information content (AvgIpc) is 2.89. The van der Waals surface area contributed by atoms with Gasteiger partial charge in [-0.15, -0.1) is 0 Å². The smallest absolute Gasteiger partial charge is 0.174 e. The summed E-state index contributed by atoms with van der Waals surface area (Å²) in [5, 5.41) is 4.14. The highest BCUT2D eigenvalue weighted by Gasteiger charge is 2.31. The maximum Gasteiger partial charge on any atom is 0.174 e. The quantitative estimate of drug-likeness (QED) is 0.424. The summed E-state index contributed by atoms with van der Waals surface area (Å²) >= 11 is 5.93. The van der Waals surface area contributed by atoms with Crippen LogP contribution in [0.25, 0.3) is 0 Å². The van der Waals surface area contributed by atoms with Gasteiger partial charge in [0.25, 0.3) is 0 Å². The molecule has 0 aliphatic carbocycles. The van der Waals surface area contributed by atoms with Crippen molar-refractivity contribution in [1.29, 1.82) is 0 Å². The number of benzene rings is 3. The van der Waals surface area contributed by atoms with Crippen LogP contribution in [0.1, 0.15) is 28.3 Å². The molecule has 0 aromatic heterocycles. The van der Waals surface area contributed by atoms with E-state index in [1.54, 1.807) is 21.3 Å². The number of thiocarbonyl (C=S) groups is 1. The largest absolute Gasteiger partial charge is 0.497 e. The van der Waals surface area contributed by atoms with Crippen LogP contribution in [0.2, 0.25) is 0 Å². The molecule has 1 heterocycles. The molecule has 1 N–H and O–H groups in total. The summed E-state index contributed by atoms with van der Waals surface area (Å²) < 4.78 is 22.7. The zero-order valence-electron chi connectivity index (χ0n) is 20.9. The Hall–Kier alpha value is -3.45. The van der Waals surface area contributed by atoms with Gasteiger partial charge in [-0.3, -0.25) is 0 Å². The number of fused-ring (bicyclic) bond motifs is 1. The molecule has 1 aliphatic rings. The minimum Gasteiger partial charge on any atom is -0.497 e. The summed E-state index contributed by atoms with van der Waals surface area (Å²) in [6.07, 6.45) is 0.837. The molecule has 1 aliphatic heterocycles. The molecular weight excluding hydrogens is 460 g/mol. The molecule has 0 bridgehead atoms. The molecule has 0 saturated heterocycles. The van der Waals surface area contributed by atoms with Gasteiger partial charge in [0, 0.05) is 12.2 Å². The second-order valence-corrected chi connectivity index (χ2v) is 8.92. The van der Waals surface area contributed by atoms with Gasteiger partial charge in [0.15, 0.2) is 16.6 Å². The molecule has 4 rings (SSSR count). The van der Waals surface area contributed by atoms with Gasteiger partial charge in [0.05, 0.1) is 27.4 Å². The van der Waals surface area contributed by atoms with Crippen molar-refractivity contribution in [2.45, 2.75) is 26.3 Å². The van der Waals surface area contributed by atoms with Crippen molar-refractivity contribution in [3.05, 3.63) is 76.9 Å². The van der Waals surface area contributed by atoms with Crippen molar-refractivity contribution in [3.63, 3.8) is 0 Å². The number of rotatable bonds is 7. The second-order valence-electron chi connectivity index (χ2n) is 8.53. The van der Waals surface area contributed by atoms with E-state index in [0.717, 1.165) is 41.5 Å². The van der Waals surface area contributed by atoms with Crippen LogP contribution in [-0.4, -0.2) is 44.5 Å². The number of nitrogens with one attached hydrogen (secondary N) is 1. The third kappa shape index (κ3) is 5.30. The van der Waals surface area contributed by atoms with E-state index in [1.165, 1.54) is 16.7 Å². The Morgan fingerprint density at radius 2 is 1.63 bits per heavy atom. The summed E-state index contributed by atoms with van der Waals surface area (Å²) in [4.78, 5) is 2.20. The molecule has 35 heavy (non-hydrogen) atoms. The average molecular weight is 493 g/mol. The van der Waals surface area contributed by atoms with E-state index in [-0.39, 0.29) is 6.04 Å². The lowest BCUT2D eigenvalue weighted by Crippen LogP contribution is -2.44. The molecule has 0 amide bonds. The zero-order valence-corrected chi connectivity index (χ0v) is 21.7. The maximum atomic E-state index is 6.25. The van der Waals surface area contributed by atoms with Crippen LogP contribution in [-0.2, 0) is 6.42 Å². The van der Waals surface area contributed by atoms with Gasteiger partial charge in [-0.1, -0.05) is 12.1 Å². The number of hydrogen-bond donors (Lipinski definition) is 1. The van der Waals surface area contributed by atoms with Crippen molar-refractivity contribution in [1.82, 2.24) is 4.90 Å². The number of methoxy groups -OCH3 is 3. The first-order chi connectivity index (χ1) is 16.9. The minimum atomic E-state index is -0.106. The van der Waals surface area contributed by atoms with Gasteiger partial charge < -0.3 is 29.2 Å². The van der Waals surface area contributed by atoms with Gasteiger partial charge in [0.2, 0.25) is 0 Å². The topological polar surface area (TPSA) is 52.2 Å². The SMILES string of the molecule is COc1ccc(OC[C@@H]2c3cc(OC)c(OC)cc3CCN2C(=S)Nc2cccc(C)c2C)cc1. The minimum absolute atomic E-state index is 0.106. The fraction of sp³-hybridized carbons (Fsp3) is 0.321. The molecule has 6 nitrogen and oxygen atoms in total. The molecule has 0 saturated carbocycles. The van der Waals surface area contributed by atoms with Crippen LogP contribution in [0.15, 0.2) is 54.6 Å². The van der Waals surface area contributed by atoms with Crippen LogP contribution < -0.4 is 24.3 Å². The molecule has 7 heteroatoms. The lowest BCUT2D eigenvalue weighted by atomic mass is 9.92. The van der Waals surface area contributed by atoms with Crippen molar-refractivity contribution < 1.29 is 18.9 Å².